The number of nitrogens with zero attached hydrogens (tertiary/aromatic N) is 1. The van der Waals surface area contributed by atoms with Gasteiger partial charge in [0.05, 0.1) is 19.3 Å². The Morgan fingerprint density at radius 1 is 1.38 bits per heavy atom. The number of nitrogens with one attached hydrogen (secondary N) is 1. The van der Waals surface area contributed by atoms with E-state index in [0.717, 1.165) is 26.2 Å². The molecule has 0 aliphatic heterocycles. The lowest BCUT2D eigenvalue weighted by molar-refractivity contribution is 0.0426. The first-order valence-corrected chi connectivity index (χ1v) is 5.84. The number of methoxy groups -OCH3 is 1. The van der Waals surface area contributed by atoms with Gasteiger partial charge in [0.15, 0.2) is 0 Å². The number of hydrogen-bond acceptors (Lipinski definition) is 5. The standard InChI is InChI=1S/C11H26N2O3/c1-4-16-10-11(14)9-12-5-6-13(2)7-8-15-3/h11-12,14H,4-10H2,1-3H3. The van der Waals surface area contributed by atoms with Crippen molar-refractivity contribution in [3.05, 3.63) is 0 Å². The molecular weight excluding hydrogens is 208 g/mol. The Balaban J connectivity index is 3.24. The van der Waals surface area contributed by atoms with E-state index in [4.69, 9.17) is 9.47 Å². The fourth-order valence-electron chi connectivity index (χ4n) is 1.21. The molecule has 5 nitrogen and oxygen atoms in total. The van der Waals surface area contributed by atoms with E-state index < -0.39 is 6.10 Å². The van der Waals surface area contributed by atoms with E-state index in [0.29, 0.717) is 19.8 Å². The van der Waals surface area contributed by atoms with Crippen LogP contribution in [0.3, 0.4) is 0 Å². The molecule has 0 aromatic carbocycles. The van der Waals surface area contributed by atoms with E-state index in [1.54, 1.807) is 7.11 Å². The molecule has 98 valence electrons. The Bertz CT molecular complexity index is 131. The van der Waals surface area contributed by atoms with Crippen LogP contribution in [-0.2, 0) is 9.47 Å². The lowest BCUT2D eigenvalue weighted by atomic mass is 10.3. The van der Waals surface area contributed by atoms with Crippen molar-refractivity contribution in [3.63, 3.8) is 0 Å². The maximum atomic E-state index is 9.47. The molecule has 0 aliphatic carbocycles. The van der Waals surface area contributed by atoms with Crippen LogP contribution in [0.5, 0.6) is 0 Å². The lowest BCUT2D eigenvalue weighted by Crippen LogP contribution is -2.36. The quantitative estimate of drug-likeness (QED) is 0.474. The first-order chi connectivity index (χ1) is 7.70. The fraction of sp³-hybridized carbons (Fsp3) is 1.00. The zero-order valence-corrected chi connectivity index (χ0v) is 10.7. The highest BCUT2D eigenvalue weighted by Gasteiger charge is 2.03. The van der Waals surface area contributed by atoms with Gasteiger partial charge in [-0.1, -0.05) is 0 Å². The first kappa shape index (κ1) is 15.8. The van der Waals surface area contributed by atoms with Gasteiger partial charge in [0, 0.05) is 39.9 Å². The van der Waals surface area contributed by atoms with Crippen LogP contribution < -0.4 is 5.32 Å². The Kier molecular flexibility index (Phi) is 11.1. The fourth-order valence-corrected chi connectivity index (χ4v) is 1.21. The molecule has 1 unspecified atom stereocenters. The van der Waals surface area contributed by atoms with Crippen LogP contribution in [0, 0.1) is 0 Å². The SMILES string of the molecule is CCOCC(O)CNCCN(C)CCOC. The minimum Gasteiger partial charge on any atom is -0.389 e. The molecule has 2 N–H and O–H groups in total. The molecule has 5 heteroatoms. The van der Waals surface area contributed by atoms with Gasteiger partial charge in [0.25, 0.3) is 0 Å². The van der Waals surface area contributed by atoms with Crippen molar-refractivity contribution in [3.8, 4) is 0 Å². The number of hydrogen-bond donors (Lipinski definition) is 2. The molecule has 16 heavy (non-hydrogen) atoms. The van der Waals surface area contributed by atoms with Gasteiger partial charge in [0.1, 0.15) is 0 Å². The third-order valence-corrected chi connectivity index (χ3v) is 2.24. The summed E-state index contributed by atoms with van der Waals surface area (Å²) in [5.41, 5.74) is 0. The van der Waals surface area contributed by atoms with Crippen LogP contribution in [0.1, 0.15) is 6.92 Å². The van der Waals surface area contributed by atoms with E-state index in [1.165, 1.54) is 0 Å². The molecule has 0 aromatic heterocycles. The average Bonchev–Trinajstić information content (AvgIpc) is 2.29. The highest BCUT2D eigenvalue weighted by molar-refractivity contribution is 4.60. The molecule has 0 spiro atoms. The highest BCUT2D eigenvalue weighted by atomic mass is 16.5. The number of ether oxygens (including phenoxy) is 2. The Hall–Kier alpha value is -0.200. The number of aliphatic hydroxyl groups is 1. The van der Waals surface area contributed by atoms with Gasteiger partial charge < -0.3 is 24.8 Å². The van der Waals surface area contributed by atoms with E-state index >= 15 is 0 Å². The zero-order valence-electron chi connectivity index (χ0n) is 10.7. The van der Waals surface area contributed by atoms with E-state index in [-0.39, 0.29) is 0 Å². The molecule has 1 atom stereocenters. The van der Waals surface area contributed by atoms with Crippen LogP contribution in [0.25, 0.3) is 0 Å². The van der Waals surface area contributed by atoms with Crippen molar-refractivity contribution in [2.45, 2.75) is 13.0 Å². The van der Waals surface area contributed by atoms with Crippen LogP contribution in [0.15, 0.2) is 0 Å². The van der Waals surface area contributed by atoms with Crippen molar-refractivity contribution in [1.82, 2.24) is 10.2 Å². The number of rotatable bonds is 11. The summed E-state index contributed by atoms with van der Waals surface area (Å²) in [5, 5.41) is 12.7. The van der Waals surface area contributed by atoms with Gasteiger partial charge in [0.2, 0.25) is 0 Å². The summed E-state index contributed by atoms with van der Waals surface area (Å²) >= 11 is 0. The highest BCUT2D eigenvalue weighted by Crippen LogP contribution is 1.84. The predicted octanol–water partition coefficient (Wildman–Crippen LogP) is -0.448. The Morgan fingerprint density at radius 2 is 2.12 bits per heavy atom. The normalized spacial score (nSPS) is 13.3. The summed E-state index contributed by atoms with van der Waals surface area (Å²) in [5.74, 6) is 0. The summed E-state index contributed by atoms with van der Waals surface area (Å²) < 4.78 is 10.1. The average molecular weight is 234 g/mol. The zero-order chi connectivity index (χ0) is 12.2. The maximum absolute atomic E-state index is 9.47. The van der Waals surface area contributed by atoms with Gasteiger partial charge in [-0.2, -0.15) is 0 Å². The second kappa shape index (κ2) is 11.3. The molecule has 0 amide bonds. The molecular formula is C11H26N2O3. The van der Waals surface area contributed by atoms with Crippen LogP contribution in [0.4, 0.5) is 0 Å². The summed E-state index contributed by atoms with van der Waals surface area (Å²) in [7, 11) is 3.76. The van der Waals surface area contributed by atoms with Crippen molar-refractivity contribution in [1.29, 1.82) is 0 Å². The first-order valence-electron chi connectivity index (χ1n) is 5.84. The molecule has 0 heterocycles. The monoisotopic (exact) mass is 234 g/mol. The molecule has 0 rings (SSSR count). The van der Waals surface area contributed by atoms with Gasteiger partial charge in [-0.05, 0) is 14.0 Å². The second-order valence-corrected chi connectivity index (χ2v) is 3.81. The summed E-state index contributed by atoms with van der Waals surface area (Å²) in [6.45, 7) is 7.06. The summed E-state index contributed by atoms with van der Waals surface area (Å²) in [4.78, 5) is 2.19. The lowest BCUT2D eigenvalue weighted by Gasteiger charge is -2.17. The van der Waals surface area contributed by atoms with Gasteiger partial charge in [-0.25, -0.2) is 0 Å². The minimum atomic E-state index is -0.413. The van der Waals surface area contributed by atoms with Crippen LogP contribution in [0.2, 0.25) is 0 Å². The molecule has 0 fully saturated rings. The van der Waals surface area contributed by atoms with Crippen LogP contribution in [-0.4, -0.2) is 76.3 Å². The van der Waals surface area contributed by atoms with Crippen LogP contribution >= 0.6 is 0 Å². The third-order valence-electron chi connectivity index (χ3n) is 2.24. The van der Waals surface area contributed by atoms with E-state index in [2.05, 4.69) is 17.3 Å². The molecule has 0 saturated heterocycles. The summed E-state index contributed by atoms with van der Waals surface area (Å²) in [6, 6.07) is 0. The van der Waals surface area contributed by atoms with Crippen molar-refractivity contribution in [2.75, 3.05) is 60.2 Å². The van der Waals surface area contributed by atoms with Gasteiger partial charge in [-0.15, -0.1) is 0 Å². The second-order valence-electron chi connectivity index (χ2n) is 3.81. The summed E-state index contributed by atoms with van der Waals surface area (Å²) in [6.07, 6.45) is -0.413. The van der Waals surface area contributed by atoms with Gasteiger partial charge in [-0.3, -0.25) is 0 Å². The number of aliphatic hydroxyl groups excluding tert-OH is 1. The maximum Gasteiger partial charge on any atom is 0.0897 e. The Morgan fingerprint density at radius 3 is 2.75 bits per heavy atom. The predicted molar refractivity (Wildman–Crippen MR) is 64.7 cm³/mol. The molecule has 0 bridgehead atoms. The van der Waals surface area contributed by atoms with E-state index in [1.807, 2.05) is 6.92 Å². The molecule has 0 aromatic rings. The minimum absolute atomic E-state index is 0.406. The van der Waals surface area contributed by atoms with Crippen molar-refractivity contribution in [2.24, 2.45) is 0 Å². The molecule has 0 saturated carbocycles. The van der Waals surface area contributed by atoms with Crippen molar-refractivity contribution < 1.29 is 14.6 Å². The van der Waals surface area contributed by atoms with E-state index in [9.17, 15) is 5.11 Å². The third kappa shape index (κ3) is 10.3. The van der Waals surface area contributed by atoms with Crippen molar-refractivity contribution >= 4 is 0 Å². The smallest absolute Gasteiger partial charge is 0.0897 e. The number of likely N-dealkylation sites (N-methyl/N-ethyl adjacent to an activating group) is 1. The topological polar surface area (TPSA) is 54.0 Å². The Labute approximate surface area is 98.7 Å². The largest absolute Gasteiger partial charge is 0.389 e. The van der Waals surface area contributed by atoms with Gasteiger partial charge >= 0.3 is 0 Å². The molecule has 0 aliphatic rings. The molecule has 0 radical (unpaired) electrons.